The van der Waals surface area contributed by atoms with Crippen molar-refractivity contribution in [2.24, 2.45) is 4.99 Å². The Bertz CT molecular complexity index is 623. The van der Waals surface area contributed by atoms with Crippen LogP contribution in [0.3, 0.4) is 0 Å². The lowest BCUT2D eigenvalue weighted by Crippen LogP contribution is -2.42. The number of benzene rings is 2. The minimum absolute atomic E-state index is 0.299. The summed E-state index contributed by atoms with van der Waals surface area (Å²) in [6, 6.07) is 21.3. The van der Waals surface area contributed by atoms with Crippen LogP contribution in [0.15, 0.2) is 65.7 Å². The zero-order valence-electron chi connectivity index (χ0n) is 15.1. The molecular weight excluding hydrogens is 296 g/mol. The monoisotopic (exact) mass is 324 g/mol. The van der Waals surface area contributed by atoms with Crippen molar-refractivity contribution in [1.29, 1.82) is 0 Å². The number of likely N-dealkylation sites (N-methyl/N-ethyl adjacent to an activating group) is 1. The van der Waals surface area contributed by atoms with Gasteiger partial charge in [0.1, 0.15) is 0 Å². The van der Waals surface area contributed by atoms with Gasteiger partial charge in [0.25, 0.3) is 0 Å². The number of hydrogen-bond acceptors (Lipinski definition) is 2. The van der Waals surface area contributed by atoms with E-state index in [2.05, 4.69) is 95.8 Å². The second-order valence-electron chi connectivity index (χ2n) is 6.16. The summed E-state index contributed by atoms with van der Waals surface area (Å²) in [5.41, 5.74) is 2.58. The Morgan fingerprint density at radius 1 is 0.958 bits per heavy atom. The van der Waals surface area contributed by atoms with E-state index in [1.807, 2.05) is 13.1 Å². The summed E-state index contributed by atoms with van der Waals surface area (Å²) in [5, 5.41) is 3.50. The molecule has 24 heavy (non-hydrogen) atoms. The Morgan fingerprint density at radius 2 is 1.54 bits per heavy atom. The molecule has 4 nitrogen and oxygen atoms in total. The van der Waals surface area contributed by atoms with Crippen LogP contribution in [-0.2, 0) is 6.54 Å². The second-order valence-corrected chi connectivity index (χ2v) is 6.16. The highest BCUT2D eigenvalue weighted by Crippen LogP contribution is 2.16. The highest BCUT2D eigenvalue weighted by Gasteiger charge is 2.15. The van der Waals surface area contributed by atoms with Crippen molar-refractivity contribution in [1.82, 2.24) is 15.1 Å². The normalized spacial score (nSPS) is 13.0. The molecule has 4 heteroatoms. The fraction of sp³-hybridized carbons (Fsp3) is 0.350. The van der Waals surface area contributed by atoms with Gasteiger partial charge in [-0.05, 0) is 25.2 Å². The zero-order chi connectivity index (χ0) is 17.4. The maximum Gasteiger partial charge on any atom is 0.193 e. The van der Waals surface area contributed by atoms with E-state index in [1.54, 1.807) is 0 Å². The molecule has 1 unspecified atom stereocenters. The SMILES string of the molecule is CN=C(NCC(c1ccccc1)N(C)C)N(C)Cc1ccccc1. The maximum absolute atomic E-state index is 4.42. The molecular formula is C20H28N4. The Hall–Kier alpha value is -2.33. The summed E-state index contributed by atoms with van der Waals surface area (Å²) < 4.78 is 0. The predicted molar refractivity (Wildman–Crippen MR) is 102 cm³/mol. The summed E-state index contributed by atoms with van der Waals surface area (Å²) in [7, 11) is 8.11. The third-order valence-electron chi connectivity index (χ3n) is 4.10. The van der Waals surface area contributed by atoms with Crippen LogP contribution < -0.4 is 5.32 Å². The molecule has 0 saturated carbocycles. The van der Waals surface area contributed by atoms with Crippen LogP contribution in [0.2, 0.25) is 0 Å². The number of guanidine groups is 1. The number of aliphatic imine (C=N–C) groups is 1. The van der Waals surface area contributed by atoms with E-state index in [1.165, 1.54) is 11.1 Å². The van der Waals surface area contributed by atoms with Gasteiger partial charge in [-0.15, -0.1) is 0 Å². The average Bonchev–Trinajstić information content (AvgIpc) is 2.60. The number of nitrogens with zero attached hydrogens (tertiary/aromatic N) is 3. The summed E-state index contributed by atoms with van der Waals surface area (Å²) in [4.78, 5) is 8.80. The first-order valence-corrected chi connectivity index (χ1v) is 8.29. The standard InChI is InChI=1S/C20H28N4/c1-21-20(24(4)16-17-11-7-5-8-12-17)22-15-19(23(2)3)18-13-9-6-10-14-18/h5-14,19H,15-16H2,1-4H3,(H,21,22). The van der Waals surface area contributed by atoms with Crippen molar-refractivity contribution < 1.29 is 0 Å². The van der Waals surface area contributed by atoms with E-state index in [4.69, 9.17) is 0 Å². The molecule has 2 aromatic rings. The van der Waals surface area contributed by atoms with Gasteiger partial charge in [0, 0.05) is 27.2 Å². The predicted octanol–water partition coefficient (Wildman–Crippen LogP) is 3.00. The smallest absolute Gasteiger partial charge is 0.193 e. The van der Waals surface area contributed by atoms with Gasteiger partial charge in [0.05, 0.1) is 6.04 Å². The van der Waals surface area contributed by atoms with Crippen molar-refractivity contribution in [2.75, 3.05) is 34.7 Å². The Balaban J connectivity index is 1.99. The lowest BCUT2D eigenvalue weighted by atomic mass is 10.1. The molecule has 0 aliphatic rings. The van der Waals surface area contributed by atoms with Crippen LogP contribution in [0.5, 0.6) is 0 Å². The van der Waals surface area contributed by atoms with E-state index < -0.39 is 0 Å². The first kappa shape index (κ1) is 18.0. The minimum Gasteiger partial charge on any atom is -0.354 e. The molecule has 0 radical (unpaired) electrons. The molecule has 0 saturated heterocycles. The van der Waals surface area contributed by atoms with Crippen molar-refractivity contribution >= 4 is 5.96 Å². The third kappa shape index (κ3) is 5.10. The lowest BCUT2D eigenvalue weighted by molar-refractivity contribution is 0.295. The summed E-state index contributed by atoms with van der Waals surface area (Å²) in [5.74, 6) is 0.904. The Labute approximate surface area is 145 Å². The fourth-order valence-electron chi connectivity index (χ4n) is 2.78. The van der Waals surface area contributed by atoms with Gasteiger partial charge in [-0.3, -0.25) is 4.99 Å². The van der Waals surface area contributed by atoms with Crippen LogP contribution in [0, 0.1) is 0 Å². The molecule has 0 aliphatic carbocycles. The molecule has 0 amide bonds. The van der Waals surface area contributed by atoms with Crippen molar-refractivity contribution in [3.63, 3.8) is 0 Å². The zero-order valence-corrected chi connectivity index (χ0v) is 15.1. The second kappa shape index (κ2) is 9.08. The number of hydrogen-bond donors (Lipinski definition) is 1. The summed E-state index contributed by atoms with van der Waals surface area (Å²) >= 11 is 0. The molecule has 0 aromatic heterocycles. The van der Waals surface area contributed by atoms with Gasteiger partial charge in [-0.1, -0.05) is 60.7 Å². The third-order valence-corrected chi connectivity index (χ3v) is 4.10. The van der Waals surface area contributed by atoms with Crippen molar-refractivity contribution in [3.05, 3.63) is 71.8 Å². The highest BCUT2D eigenvalue weighted by atomic mass is 15.3. The van der Waals surface area contributed by atoms with E-state index in [9.17, 15) is 0 Å². The van der Waals surface area contributed by atoms with E-state index in [-0.39, 0.29) is 0 Å². The largest absolute Gasteiger partial charge is 0.354 e. The molecule has 1 atom stereocenters. The van der Waals surface area contributed by atoms with Gasteiger partial charge in [-0.25, -0.2) is 0 Å². The Morgan fingerprint density at radius 3 is 2.08 bits per heavy atom. The van der Waals surface area contributed by atoms with Crippen molar-refractivity contribution in [3.8, 4) is 0 Å². The molecule has 2 aromatic carbocycles. The fourth-order valence-corrected chi connectivity index (χ4v) is 2.78. The van der Waals surface area contributed by atoms with Crippen LogP contribution in [0.25, 0.3) is 0 Å². The van der Waals surface area contributed by atoms with E-state index in [0.29, 0.717) is 6.04 Å². The molecule has 1 N–H and O–H groups in total. The van der Waals surface area contributed by atoms with Gasteiger partial charge < -0.3 is 15.1 Å². The first-order valence-electron chi connectivity index (χ1n) is 8.29. The molecule has 128 valence electrons. The minimum atomic E-state index is 0.299. The summed E-state index contributed by atoms with van der Waals surface area (Å²) in [6.45, 7) is 1.64. The van der Waals surface area contributed by atoms with Crippen LogP contribution >= 0.6 is 0 Å². The number of rotatable bonds is 6. The quantitative estimate of drug-likeness (QED) is 0.654. The van der Waals surface area contributed by atoms with Crippen LogP contribution in [0.1, 0.15) is 17.2 Å². The molecule has 0 heterocycles. The van der Waals surface area contributed by atoms with Crippen LogP contribution in [-0.4, -0.2) is 50.5 Å². The topological polar surface area (TPSA) is 30.9 Å². The first-order chi connectivity index (χ1) is 11.6. The lowest BCUT2D eigenvalue weighted by Gasteiger charge is -2.28. The van der Waals surface area contributed by atoms with Gasteiger partial charge in [0.2, 0.25) is 0 Å². The molecule has 0 fully saturated rings. The van der Waals surface area contributed by atoms with Crippen LogP contribution in [0.4, 0.5) is 0 Å². The van der Waals surface area contributed by atoms with Crippen molar-refractivity contribution in [2.45, 2.75) is 12.6 Å². The summed E-state index contributed by atoms with van der Waals surface area (Å²) in [6.07, 6.45) is 0. The molecule has 0 spiro atoms. The highest BCUT2D eigenvalue weighted by molar-refractivity contribution is 5.79. The molecule has 0 aliphatic heterocycles. The van der Waals surface area contributed by atoms with Gasteiger partial charge >= 0.3 is 0 Å². The van der Waals surface area contributed by atoms with E-state index >= 15 is 0 Å². The van der Waals surface area contributed by atoms with Gasteiger partial charge in [-0.2, -0.15) is 0 Å². The molecule has 0 bridgehead atoms. The number of nitrogens with one attached hydrogen (secondary N) is 1. The maximum atomic E-state index is 4.42. The van der Waals surface area contributed by atoms with E-state index in [0.717, 1.165) is 19.0 Å². The molecule has 2 rings (SSSR count). The average molecular weight is 324 g/mol. The van der Waals surface area contributed by atoms with Gasteiger partial charge in [0.15, 0.2) is 5.96 Å². The Kier molecular flexibility index (Phi) is 6.82.